The van der Waals surface area contributed by atoms with Crippen molar-refractivity contribution in [1.29, 1.82) is 0 Å². The van der Waals surface area contributed by atoms with E-state index in [9.17, 15) is 9.59 Å². The molecule has 3 aromatic rings. The van der Waals surface area contributed by atoms with Crippen LogP contribution < -0.4 is 11.1 Å². The highest BCUT2D eigenvalue weighted by Gasteiger charge is 2.16. The Hall–Kier alpha value is -3.82. The van der Waals surface area contributed by atoms with Crippen LogP contribution >= 0.6 is 0 Å². The predicted molar refractivity (Wildman–Crippen MR) is 102 cm³/mol. The number of aromatic nitrogens is 4. The quantitative estimate of drug-likeness (QED) is 0.709. The van der Waals surface area contributed by atoms with Crippen LogP contribution in [-0.2, 0) is 4.79 Å². The van der Waals surface area contributed by atoms with Crippen LogP contribution in [0.4, 0.5) is 11.8 Å². The van der Waals surface area contributed by atoms with E-state index in [0.29, 0.717) is 11.3 Å². The summed E-state index contributed by atoms with van der Waals surface area (Å²) in [6.07, 6.45) is 1.51. The number of anilines is 2. The molecule has 2 aromatic heterocycles. The molecule has 0 radical (unpaired) electrons. The molecule has 0 aliphatic heterocycles. The van der Waals surface area contributed by atoms with Gasteiger partial charge in [-0.1, -0.05) is 17.2 Å². The molecule has 2 amide bonds. The van der Waals surface area contributed by atoms with Gasteiger partial charge in [0, 0.05) is 35.0 Å². The molecule has 142 valence electrons. The minimum atomic E-state index is -0.342. The molecule has 0 aliphatic rings. The van der Waals surface area contributed by atoms with Crippen LogP contribution in [0, 0.1) is 0 Å². The van der Waals surface area contributed by atoms with Gasteiger partial charge in [0.1, 0.15) is 0 Å². The highest BCUT2D eigenvalue weighted by Crippen LogP contribution is 2.26. The van der Waals surface area contributed by atoms with Gasteiger partial charge in [-0.05, 0) is 12.1 Å². The first-order valence-corrected chi connectivity index (χ1v) is 7.91. The van der Waals surface area contributed by atoms with Crippen molar-refractivity contribution >= 4 is 23.6 Å². The van der Waals surface area contributed by atoms with Crippen LogP contribution in [0.5, 0.6) is 0 Å². The van der Waals surface area contributed by atoms with Crippen molar-refractivity contribution in [2.45, 2.75) is 6.92 Å². The zero-order valence-corrected chi connectivity index (χ0v) is 14.9. The van der Waals surface area contributed by atoms with Crippen molar-refractivity contribution in [2.24, 2.45) is 0 Å². The smallest absolute Gasteiger partial charge is 0.322 e. The number of nitrogens with one attached hydrogen (secondary N) is 1. The molecule has 3 rings (SSSR count). The Morgan fingerprint density at radius 2 is 1.89 bits per heavy atom. The van der Waals surface area contributed by atoms with Crippen molar-refractivity contribution in [3.8, 4) is 22.8 Å². The van der Waals surface area contributed by atoms with Crippen LogP contribution in [-0.4, -0.2) is 51.0 Å². The number of amides is 2. The third-order valence-electron chi connectivity index (χ3n) is 3.55. The molecule has 10 heteroatoms. The molecule has 0 saturated carbocycles. The van der Waals surface area contributed by atoms with E-state index in [1.54, 1.807) is 38.4 Å². The molecular weight excluding hydrogens is 350 g/mol. The van der Waals surface area contributed by atoms with Gasteiger partial charge in [-0.2, -0.15) is 0 Å². The van der Waals surface area contributed by atoms with Crippen LogP contribution in [0.25, 0.3) is 22.8 Å². The van der Waals surface area contributed by atoms with E-state index in [-0.39, 0.29) is 38.1 Å². The van der Waals surface area contributed by atoms with Gasteiger partial charge in [0.15, 0.2) is 11.5 Å². The Labute approximate surface area is 157 Å². The molecule has 3 N–H and O–H groups in total. The van der Waals surface area contributed by atoms with Gasteiger partial charge in [0.25, 0.3) is 11.8 Å². The minimum Gasteiger partial charge on any atom is -0.401 e. The summed E-state index contributed by atoms with van der Waals surface area (Å²) in [7, 11) is 3.38. The fourth-order valence-corrected chi connectivity index (χ4v) is 2.26. The molecule has 0 saturated heterocycles. The van der Waals surface area contributed by atoms with Gasteiger partial charge < -0.3 is 15.1 Å². The first kappa shape index (κ1) is 18.0. The maximum absolute atomic E-state index is 12.0. The molecule has 0 unspecified atom stereocenters. The maximum Gasteiger partial charge on any atom is 0.322 e. The Balaban J connectivity index is 0.00000210. The lowest BCUT2D eigenvalue weighted by atomic mass is 10.1. The molecule has 0 fully saturated rings. The van der Waals surface area contributed by atoms with E-state index in [0.717, 1.165) is 5.56 Å². The number of carbonyl (C=O) groups excluding carboxylic acids is 2. The molecule has 27 heavy (non-hydrogen) atoms. The van der Waals surface area contributed by atoms with Gasteiger partial charge in [-0.25, -0.2) is 9.97 Å². The number of benzene rings is 1. The van der Waals surface area contributed by atoms with Crippen molar-refractivity contribution < 1.29 is 16.9 Å². The average Bonchev–Trinajstić information content (AvgIpc) is 3.09. The number of nitrogen functional groups attached to an aromatic ring is 1. The van der Waals surface area contributed by atoms with Crippen LogP contribution in [0.1, 0.15) is 20.1 Å². The third kappa shape index (κ3) is 3.89. The fraction of sp³-hybridized carbons (Fsp3) is 0.176. The van der Waals surface area contributed by atoms with Crippen LogP contribution in [0.2, 0.25) is 0 Å². The van der Waals surface area contributed by atoms with Crippen molar-refractivity contribution in [2.75, 3.05) is 25.1 Å². The summed E-state index contributed by atoms with van der Waals surface area (Å²) in [5.74, 6) is -0.298. The summed E-state index contributed by atoms with van der Waals surface area (Å²) in [6.45, 7) is 1.32. The fourth-order valence-electron chi connectivity index (χ4n) is 2.26. The second-order valence-corrected chi connectivity index (χ2v) is 5.86. The summed E-state index contributed by atoms with van der Waals surface area (Å²) < 4.78 is 5.34. The first-order valence-electron chi connectivity index (χ1n) is 7.91. The van der Waals surface area contributed by atoms with E-state index < -0.39 is 0 Å². The minimum absolute atomic E-state index is 0. The Kier molecular flexibility index (Phi) is 4.79. The van der Waals surface area contributed by atoms with E-state index in [2.05, 4.69) is 25.5 Å². The number of nitrogens with zero attached hydrogens (tertiary/aromatic N) is 5. The highest BCUT2D eigenvalue weighted by molar-refractivity contribution is 5.94. The number of hydrogen-bond acceptors (Lipinski definition) is 8. The summed E-state index contributed by atoms with van der Waals surface area (Å²) in [6, 6.07) is 6.87. The molecular formula is C17H21N7O3. The van der Waals surface area contributed by atoms with E-state index in [4.69, 9.17) is 10.2 Å². The summed E-state index contributed by atoms with van der Waals surface area (Å²) in [4.78, 5) is 33.1. The van der Waals surface area contributed by atoms with Gasteiger partial charge in [0.05, 0.1) is 11.9 Å². The summed E-state index contributed by atoms with van der Waals surface area (Å²) in [5.41, 5.74) is 7.88. The number of hydrogen-bond donors (Lipinski definition) is 2. The van der Waals surface area contributed by atoms with Crippen LogP contribution in [0.15, 0.2) is 34.9 Å². The molecule has 0 bridgehead atoms. The molecule has 0 aliphatic carbocycles. The standard InChI is InChI=1S/C17H17N7O3.2H2/c1-9(25)20-17-23-22-15(27-17)13-14(18)19-8-12(21-13)10-4-6-11(7-5-10)16(26)24(2)3;;/h4-8H,1-3H3,(H2,18,19)(H,20,23,25);2*1H. The molecule has 0 spiro atoms. The van der Waals surface area contributed by atoms with Crippen molar-refractivity contribution in [3.63, 3.8) is 0 Å². The first-order chi connectivity index (χ1) is 12.8. The zero-order chi connectivity index (χ0) is 19.6. The lowest BCUT2D eigenvalue weighted by Gasteiger charge is -2.10. The average molecular weight is 371 g/mol. The number of nitrogens with two attached hydrogens (primary N) is 1. The number of rotatable bonds is 4. The van der Waals surface area contributed by atoms with Gasteiger partial charge in [-0.3, -0.25) is 14.9 Å². The van der Waals surface area contributed by atoms with Crippen molar-refractivity contribution in [1.82, 2.24) is 25.1 Å². The number of carbonyl (C=O) groups is 2. The molecule has 2 heterocycles. The SMILES string of the molecule is CC(=O)Nc1nnc(-c2nc(-c3ccc(C(=O)N(C)C)cc3)cnc2N)o1.[HH].[HH]. The Bertz CT molecular complexity index is 1010. The maximum atomic E-state index is 12.0. The molecule has 0 atom stereocenters. The zero-order valence-electron chi connectivity index (χ0n) is 14.9. The Morgan fingerprint density at radius 3 is 2.52 bits per heavy atom. The predicted octanol–water partition coefficient (Wildman–Crippen LogP) is 1.93. The summed E-state index contributed by atoms with van der Waals surface area (Å²) >= 11 is 0. The topological polar surface area (TPSA) is 140 Å². The normalized spacial score (nSPS) is 10.5. The van der Waals surface area contributed by atoms with Gasteiger partial charge >= 0.3 is 6.01 Å². The van der Waals surface area contributed by atoms with Crippen molar-refractivity contribution in [3.05, 3.63) is 36.0 Å². The van der Waals surface area contributed by atoms with E-state index >= 15 is 0 Å². The highest BCUT2D eigenvalue weighted by atomic mass is 16.4. The Morgan fingerprint density at radius 1 is 1.19 bits per heavy atom. The van der Waals surface area contributed by atoms with E-state index in [1.807, 2.05) is 0 Å². The monoisotopic (exact) mass is 371 g/mol. The second kappa shape index (κ2) is 7.20. The molecule has 1 aromatic carbocycles. The van der Waals surface area contributed by atoms with Crippen LogP contribution in [0.3, 0.4) is 0 Å². The van der Waals surface area contributed by atoms with Gasteiger partial charge in [0.2, 0.25) is 5.91 Å². The van der Waals surface area contributed by atoms with E-state index in [1.165, 1.54) is 18.0 Å². The van der Waals surface area contributed by atoms with Gasteiger partial charge in [-0.15, -0.1) is 5.10 Å². The molecule has 10 nitrogen and oxygen atoms in total. The second-order valence-electron chi connectivity index (χ2n) is 5.86. The lowest BCUT2D eigenvalue weighted by Crippen LogP contribution is -2.21. The third-order valence-corrected chi connectivity index (χ3v) is 3.55. The lowest BCUT2D eigenvalue weighted by molar-refractivity contribution is -0.114. The summed E-state index contributed by atoms with van der Waals surface area (Å²) in [5, 5.41) is 9.92. The largest absolute Gasteiger partial charge is 0.401 e.